The molecule has 0 aromatic heterocycles. The molecule has 0 heterocycles. The first-order chi connectivity index (χ1) is 15.0. The number of alkyl halides is 6. The molecule has 0 aliphatic carbocycles. The van der Waals surface area contributed by atoms with Gasteiger partial charge in [0.2, 0.25) is 0 Å². The summed E-state index contributed by atoms with van der Waals surface area (Å²) in [6.07, 6.45) is -10.8. The lowest BCUT2D eigenvalue weighted by molar-refractivity contribution is -0.275. The van der Waals surface area contributed by atoms with Gasteiger partial charge in [0, 0.05) is 0 Å². The summed E-state index contributed by atoms with van der Waals surface area (Å²) in [5, 5.41) is 10.1. The minimum Gasteiger partial charge on any atom is -0.460 e. The Morgan fingerprint density at radius 2 is 1.27 bits per heavy atom. The highest BCUT2D eigenvalue weighted by molar-refractivity contribution is 5.75. The van der Waals surface area contributed by atoms with Crippen LogP contribution in [0.2, 0.25) is 0 Å². The van der Waals surface area contributed by atoms with Crippen molar-refractivity contribution in [3.8, 4) is 17.6 Å². The summed E-state index contributed by atoms with van der Waals surface area (Å²) in [5.41, 5.74) is -3.22. The van der Waals surface area contributed by atoms with Crippen LogP contribution in [-0.4, -0.2) is 24.3 Å². The topological polar surface area (TPSA) is 68.6 Å². The minimum absolute atomic E-state index is 0.123. The quantitative estimate of drug-likeness (QED) is 0.377. The molecule has 0 atom stereocenters. The summed E-state index contributed by atoms with van der Waals surface area (Å²) in [6.45, 7) is 4.69. The van der Waals surface area contributed by atoms with E-state index in [4.69, 9.17) is 4.74 Å². The zero-order valence-electron chi connectivity index (χ0n) is 17.7. The number of ether oxygens (including phenoxy) is 3. The van der Waals surface area contributed by atoms with Gasteiger partial charge in [0.25, 0.3) is 0 Å². The normalized spacial score (nSPS) is 12.6. The van der Waals surface area contributed by atoms with E-state index in [0.717, 1.165) is 36.4 Å². The Morgan fingerprint density at radius 1 is 0.848 bits per heavy atom. The third-order valence-electron chi connectivity index (χ3n) is 4.14. The van der Waals surface area contributed by atoms with Gasteiger partial charge in [-0.05, 0) is 56.2 Å². The van der Waals surface area contributed by atoms with Crippen molar-refractivity contribution in [2.24, 2.45) is 0 Å². The van der Waals surface area contributed by atoms with E-state index in [9.17, 15) is 36.4 Å². The number of benzene rings is 2. The first-order valence-electron chi connectivity index (χ1n) is 9.39. The largest absolute Gasteiger partial charge is 0.573 e. The molecule has 0 bridgehead atoms. The molecular formula is C22H19F6NO4. The molecule has 0 saturated carbocycles. The van der Waals surface area contributed by atoms with Crippen LogP contribution in [0.4, 0.5) is 26.3 Å². The van der Waals surface area contributed by atoms with Crippen molar-refractivity contribution in [2.75, 3.05) is 0 Å². The van der Waals surface area contributed by atoms with Crippen LogP contribution in [0.15, 0.2) is 48.5 Å². The van der Waals surface area contributed by atoms with Gasteiger partial charge in [0.05, 0.1) is 12.5 Å². The van der Waals surface area contributed by atoms with Crippen LogP contribution in [0.5, 0.6) is 11.5 Å². The molecule has 0 amide bonds. The molecule has 2 aromatic rings. The van der Waals surface area contributed by atoms with Crippen molar-refractivity contribution < 1.29 is 45.3 Å². The Labute approximate surface area is 185 Å². The molecule has 0 aliphatic heterocycles. The highest BCUT2D eigenvalue weighted by atomic mass is 19.4. The molecule has 11 heteroatoms. The van der Waals surface area contributed by atoms with Crippen LogP contribution in [0.25, 0.3) is 0 Å². The fourth-order valence-corrected chi connectivity index (χ4v) is 3.05. The highest BCUT2D eigenvalue weighted by Gasteiger charge is 2.41. The van der Waals surface area contributed by atoms with E-state index in [1.54, 1.807) is 20.8 Å². The zero-order chi connectivity index (χ0) is 25.1. The van der Waals surface area contributed by atoms with E-state index >= 15 is 0 Å². The van der Waals surface area contributed by atoms with E-state index in [-0.39, 0.29) is 11.1 Å². The third-order valence-corrected chi connectivity index (χ3v) is 4.14. The monoisotopic (exact) mass is 475 g/mol. The fourth-order valence-electron chi connectivity index (χ4n) is 3.05. The highest BCUT2D eigenvalue weighted by Crippen LogP contribution is 2.40. The maximum absolute atomic E-state index is 12.7. The van der Waals surface area contributed by atoms with Crippen LogP contribution in [0, 0.1) is 11.3 Å². The van der Waals surface area contributed by atoms with Gasteiger partial charge in [-0.3, -0.25) is 4.79 Å². The minimum atomic E-state index is -5.03. The molecule has 0 spiro atoms. The van der Waals surface area contributed by atoms with Gasteiger partial charge in [0.1, 0.15) is 22.5 Å². The number of nitriles is 1. The van der Waals surface area contributed by atoms with Crippen LogP contribution in [0.1, 0.15) is 38.3 Å². The molecule has 0 fully saturated rings. The number of halogens is 6. The SMILES string of the molecule is CC(C)(C)OC(=O)CC(C#N)(c1cccc(OC(F)(F)F)c1)c1cccc(OC(F)(F)F)c1. The summed E-state index contributed by atoms with van der Waals surface area (Å²) >= 11 is 0. The number of rotatable bonds is 6. The number of hydrogen-bond acceptors (Lipinski definition) is 5. The van der Waals surface area contributed by atoms with Crippen LogP contribution < -0.4 is 9.47 Å². The standard InChI is InChI=1S/C22H19F6NO4/c1-19(2,3)33-18(30)12-20(13-29,14-6-4-8-16(10-14)31-21(23,24)25)15-7-5-9-17(11-15)32-22(26,27)28/h4-11H,12H2,1-3H3. The maximum atomic E-state index is 12.7. The van der Waals surface area contributed by atoms with Gasteiger partial charge in [-0.25, -0.2) is 0 Å². The predicted molar refractivity (Wildman–Crippen MR) is 103 cm³/mol. The summed E-state index contributed by atoms with van der Waals surface area (Å²) < 4.78 is 89.2. The van der Waals surface area contributed by atoms with E-state index in [1.165, 1.54) is 12.1 Å². The number of esters is 1. The van der Waals surface area contributed by atoms with Gasteiger partial charge in [-0.1, -0.05) is 24.3 Å². The second-order valence-electron chi connectivity index (χ2n) is 7.93. The van der Waals surface area contributed by atoms with E-state index in [1.807, 2.05) is 6.07 Å². The molecule has 33 heavy (non-hydrogen) atoms. The van der Waals surface area contributed by atoms with Crippen molar-refractivity contribution in [2.45, 2.75) is 50.9 Å². The molecule has 0 N–H and O–H groups in total. The van der Waals surface area contributed by atoms with E-state index in [2.05, 4.69) is 9.47 Å². The number of nitrogens with zero attached hydrogens (tertiary/aromatic N) is 1. The van der Waals surface area contributed by atoms with Crippen LogP contribution in [0.3, 0.4) is 0 Å². The van der Waals surface area contributed by atoms with Crippen molar-refractivity contribution >= 4 is 5.97 Å². The second-order valence-corrected chi connectivity index (χ2v) is 7.93. The molecule has 5 nitrogen and oxygen atoms in total. The van der Waals surface area contributed by atoms with Crippen molar-refractivity contribution in [1.29, 1.82) is 5.26 Å². The Balaban J connectivity index is 2.65. The lowest BCUT2D eigenvalue weighted by Crippen LogP contribution is -2.33. The van der Waals surface area contributed by atoms with E-state index in [0.29, 0.717) is 0 Å². The second kappa shape index (κ2) is 9.21. The lowest BCUT2D eigenvalue weighted by atomic mass is 9.73. The summed E-state index contributed by atoms with van der Waals surface area (Å²) in [6, 6.07) is 10.4. The Bertz CT molecular complexity index is 975. The third kappa shape index (κ3) is 7.59. The molecule has 0 unspecified atom stereocenters. The maximum Gasteiger partial charge on any atom is 0.573 e. The molecule has 178 valence electrons. The number of carbonyl (C=O) groups is 1. The average Bonchev–Trinajstić information content (AvgIpc) is 2.62. The number of carbonyl (C=O) groups excluding carboxylic acids is 1. The molecular weight excluding hydrogens is 456 g/mol. The van der Waals surface area contributed by atoms with Crippen molar-refractivity contribution in [3.05, 3.63) is 59.7 Å². The van der Waals surface area contributed by atoms with Gasteiger partial charge in [-0.15, -0.1) is 26.3 Å². The fraction of sp³-hybridized carbons (Fsp3) is 0.364. The molecule has 0 saturated heterocycles. The molecule has 2 aromatic carbocycles. The van der Waals surface area contributed by atoms with Crippen LogP contribution >= 0.6 is 0 Å². The summed E-state index contributed by atoms with van der Waals surface area (Å²) in [7, 11) is 0. The zero-order valence-corrected chi connectivity index (χ0v) is 17.7. The van der Waals surface area contributed by atoms with Gasteiger partial charge in [-0.2, -0.15) is 5.26 Å². The van der Waals surface area contributed by atoms with Crippen LogP contribution in [-0.2, 0) is 14.9 Å². The predicted octanol–water partition coefficient (Wildman–Crippen LogP) is 6.03. The van der Waals surface area contributed by atoms with Gasteiger partial charge < -0.3 is 14.2 Å². The van der Waals surface area contributed by atoms with E-state index < -0.39 is 47.6 Å². The Morgan fingerprint density at radius 3 is 1.61 bits per heavy atom. The Kier molecular flexibility index (Phi) is 7.21. The number of hydrogen-bond donors (Lipinski definition) is 0. The Hall–Kier alpha value is -3.42. The first-order valence-corrected chi connectivity index (χ1v) is 9.39. The molecule has 0 aliphatic rings. The summed E-state index contributed by atoms with van der Waals surface area (Å²) in [5.74, 6) is -2.24. The van der Waals surface area contributed by atoms with Crippen molar-refractivity contribution in [3.63, 3.8) is 0 Å². The average molecular weight is 475 g/mol. The molecule has 0 radical (unpaired) electrons. The lowest BCUT2D eigenvalue weighted by Gasteiger charge is -2.29. The van der Waals surface area contributed by atoms with Gasteiger partial charge >= 0.3 is 18.7 Å². The van der Waals surface area contributed by atoms with Crippen molar-refractivity contribution in [1.82, 2.24) is 0 Å². The summed E-state index contributed by atoms with van der Waals surface area (Å²) in [4.78, 5) is 12.6. The smallest absolute Gasteiger partial charge is 0.460 e. The first kappa shape index (κ1) is 25.8. The molecule has 2 rings (SSSR count). The van der Waals surface area contributed by atoms with Gasteiger partial charge in [0.15, 0.2) is 0 Å².